The van der Waals surface area contributed by atoms with Crippen molar-refractivity contribution in [3.63, 3.8) is 0 Å². The van der Waals surface area contributed by atoms with Crippen LogP contribution >= 0.6 is 0 Å². The first-order valence-corrected chi connectivity index (χ1v) is 7.63. The van der Waals surface area contributed by atoms with Crippen LogP contribution in [0.3, 0.4) is 0 Å². The SMILES string of the molecule is CC(C)N(Cc1cnc[nH]1)c1cccc(-c2ccccc2)c1. The Hall–Kier alpha value is -2.55. The molecule has 1 heterocycles. The first-order valence-electron chi connectivity index (χ1n) is 7.63. The molecule has 3 rings (SSSR count). The van der Waals surface area contributed by atoms with Crippen LogP contribution in [-0.2, 0) is 6.54 Å². The van der Waals surface area contributed by atoms with Crippen molar-refractivity contribution in [3.05, 3.63) is 72.8 Å². The number of rotatable bonds is 5. The number of hydrogen-bond donors (Lipinski definition) is 1. The van der Waals surface area contributed by atoms with E-state index in [-0.39, 0.29) is 0 Å². The molecule has 1 N–H and O–H groups in total. The fourth-order valence-corrected chi connectivity index (χ4v) is 2.62. The fraction of sp³-hybridized carbons (Fsp3) is 0.211. The molecule has 2 aromatic carbocycles. The topological polar surface area (TPSA) is 31.9 Å². The third-order valence-electron chi connectivity index (χ3n) is 3.80. The molecule has 3 heteroatoms. The lowest BCUT2D eigenvalue weighted by molar-refractivity contribution is 0.675. The third kappa shape index (κ3) is 3.19. The van der Waals surface area contributed by atoms with Gasteiger partial charge in [0.1, 0.15) is 0 Å². The smallest absolute Gasteiger partial charge is 0.0922 e. The molecule has 112 valence electrons. The molecule has 1 aromatic heterocycles. The van der Waals surface area contributed by atoms with Crippen molar-refractivity contribution in [2.45, 2.75) is 26.4 Å². The summed E-state index contributed by atoms with van der Waals surface area (Å²) in [5.74, 6) is 0. The molecule has 0 bridgehead atoms. The van der Waals surface area contributed by atoms with Crippen molar-refractivity contribution in [3.8, 4) is 11.1 Å². The molecule has 0 aliphatic rings. The number of nitrogens with zero attached hydrogens (tertiary/aromatic N) is 2. The lowest BCUT2D eigenvalue weighted by Crippen LogP contribution is -2.30. The molecule has 0 saturated heterocycles. The first kappa shape index (κ1) is 14.4. The van der Waals surface area contributed by atoms with Gasteiger partial charge in [-0.3, -0.25) is 0 Å². The Morgan fingerprint density at radius 3 is 2.45 bits per heavy atom. The van der Waals surface area contributed by atoms with Crippen LogP contribution in [0.4, 0.5) is 5.69 Å². The van der Waals surface area contributed by atoms with E-state index in [1.54, 1.807) is 6.33 Å². The average molecular weight is 291 g/mol. The monoisotopic (exact) mass is 291 g/mol. The molecular weight excluding hydrogens is 270 g/mol. The summed E-state index contributed by atoms with van der Waals surface area (Å²) in [7, 11) is 0. The normalized spacial score (nSPS) is 10.9. The fourth-order valence-electron chi connectivity index (χ4n) is 2.62. The highest BCUT2D eigenvalue weighted by molar-refractivity contribution is 5.68. The van der Waals surface area contributed by atoms with Crippen LogP contribution in [0.25, 0.3) is 11.1 Å². The number of anilines is 1. The van der Waals surface area contributed by atoms with E-state index in [4.69, 9.17) is 0 Å². The van der Waals surface area contributed by atoms with Crippen LogP contribution in [0.15, 0.2) is 67.1 Å². The predicted octanol–water partition coefficient (Wildman–Crippen LogP) is 4.49. The molecule has 0 fully saturated rings. The number of imidazole rings is 1. The Labute approximate surface area is 131 Å². The maximum Gasteiger partial charge on any atom is 0.0922 e. The maximum atomic E-state index is 4.11. The molecule has 3 nitrogen and oxygen atoms in total. The highest BCUT2D eigenvalue weighted by Gasteiger charge is 2.12. The van der Waals surface area contributed by atoms with Crippen LogP contribution in [0.1, 0.15) is 19.5 Å². The molecule has 22 heavy (non-hydrogen) atoms. The molecule has 0 saturated carbocycles. The van der Waals surface area contributed by atoms with E-state index in [1.165, 1.54) is 16.8 Å². The largest absolute Gasteiger partial charge is 0.363 e. The zero-order chi connectivity index (χ0) is 15.4. The van der Waals surface area contributed by atoms with E-state index in [0.29, 0.717) is 6.04 Å². The molecule has 0 aliphatic heterocycles. The van der Waals surface area contributed by atoms with Gasteiger partial charge in [-0.15, -0.1) is 0 Å². The lowest BCUT2D eigenvalue weighted by Gasteiger charge is -2.29. The third-order valence-corrected chi connectivity index (χ3v) is 3.80. The number of hydrogen-bond acceptors (Lipinski definition) is 2. The second-order valence-electron chi connectivity index (χ2n) is 5.71. The lowest BCUT2D eigenvalue weighted by atomic mass is 10.0. The summed E-state index contributed by atoms with van der Waals surface area (Å²) in [6.07, 6.45) is 3.62. The summed E-state index contributed by atoms with van der Waals surface area (Å²) < 4.78 is 0. The van der Waals surface area contributed by atoms with Crippen LogP contribution in [0.5, 0.6) is 0 Å². The second kappa shape index (κ2) is 6.48. The van der Waals surface area contributed by atoms with Crippen molar-refractivity contribution in [1.29, 1.82) is 0 Å². The summed E-state index contributed by atoms with van der Waals surface area (Å²) in [6.45, 7) is 5.26. The van der Waals surface area contributed by atoms with Gasteiger partial charge in [0.2, 0.25) is 0 Å². The Morgan fingerprint density at radius 1 is 1.00 bits per heavy atom. The van der Waals surface area contributed by atoms with E-state index < -0.39 is 0 Å². The Balaban J connectivity index is 1.91. The summed E-state index contributed by atoms with van der Waals surface area (Å²) >= 11 is 0. The van der Waals surface area contributed by atoms with Crippen LogP contribution in [0, 0.1) is 0 Å². The van der Waals surface area contributed by atoms with Gasteiger partial charge in [-0.1, -0.05) is 42.5 Å². The number of benzene rings is 2. The second-order valence-corrected chi connectivity index (χ2v) is 5.71. The minimum Gasteiger partial charge on any atom is -0.363 e. The van der Waals surface area contributed by atoms with Crippen molar-refractivity contribution in [1.82, 2.24) is 9.97 Å². The van der Waals surface area contributed by atoms with Gasteiger partial charge in [-0.2, -0.15) is 0 Å². The van der Waals surface area contributed by atoms with Gasteiger partial charge >= 0.3 is 0 Å². The summed E-state index contributed by atoms with van der Waals surface area (Å²) in [4.78, 5) is 9.67. The highest BCUT2D eigenvalue weighted by atomic mass is 15.2. The van der Waals surface area contributed by atoms with Gasteiger partial charge in [-0.05, 0) is 37.1 Å². The molecule has 0 radical (unpaired) electrons. The Bertz CT molecular complexity index is 703. The van der Waals surface area contributed by atoms with Gasteiger partial charge < -0.3 is 9.88 Å². The van der Waals surface area contributed by atoms with Crippen molar-refractivity contribution in [2.75, 3.05) is 4.90 Å². The number of nitrogens with one attached hydrogen (secondary N) is 1. The molecule has 0 unspecified atom stereocenters. The molecular formula is C19H21N3. The minimum atomic E-state index is 0.411. The number of H-pyrrole nitrogens is 1. The minimum absolute atomic E-state index is 0.411. The van der Waals surface area contributed by atoms with Gasteiger partial charge in [0.25, 0.3) is 0 Å². The Kier molecular flexibility index (Phi) is 4.24. The molecule has 0 aliphatic carbocycles. The summed E-state index contributed by atoms with van der Waals surface area (Å²) in [5.41, 5.74) is 4.84. The summed E-state index contributed by atoms with van der Waals surface area (Å²) in [6, 6.07) is 19.6. The maximum absolute atomic E-state index is 4.11. The Morgan fingerprint density at radius 2 is 1.77 bits per heavy atom. The summed E-state index contributed by atoms with van der Waals surface area (Å²) in [5, 5.41) is 0. The zero-order valence-electron chi connectivity index (χ0n) is 13.0. The zero-order valence-corrected chi connectivity index (χ0v) is 13.0. The standard InChI is InChI=1S/C19H21N3/c1-15(2)22(13-18-12-20-14-21-18)19-10-6-9-17(11-19)16-7-4-3-5-8-16/h3-12,14-15H,13H2,1-2H3,(H,20,21). The van der Waals surface area contributed by atoms with Crippen LogP contribution < -0.4 is 4.90 Å². The quantitative estimate of drug-likeness (QED) is 0.751. The van der Waals surface area contributed by atoms with Crippen LogP contribution in [0.2, 0.25) is 0 Å². The molecule has 0 amide bonds. The highest BCUT2D eigenvalue weighted by Crippen LogP contribution is 2.26. The number of aromatic nitrogens is 2. The van der Waals surface area contributed by atoms with Gasteiger partial charge in [0.15, 0.2) is 0 Å². The molecule has 3 aromatic rings. The molecule has 0 spiro atoms. The number of aromatic amines is 1. The first-order chi connectivity index (χ1) is 10.7. The predicted molar refractivity (Wildman–Crippen MR) is 91.8 cm³/mol. The van der Waals surface area contributed by atoms with Gasteiger partial charge in [0, 0.05) is 17.9 Å². The van der Waals surface area contributed by atoms with Crippen molar-refractivity contribution >= 4 is 5.69 Å². The van der Waals surface area contributed by atoms with Gasteiger partial charge in [0.05, 0.1) is 18.6 Å². The molecule has 0 atom stereocenters. The van der Waals surface area contributed by atoms with E-state index in [2.05, 4.69) is 77.2 Å². The van der Waals surface area contributed by atoms with Crippen molar-refractivity contribution in [2.24, 2.45) is 0 Å². The van der Waals surface area contributed by atoms with E-state index >= 15 is 0 Å². The van der Waals surface area contributed by atoms with E-state index in [0.717, 1.165) is 12.2 Å². The van der Waals surface area contributed by atoms with Crippen molar-refractivity contribution < 1.29 is 0 Å². The van der Waals surface area contributed by atoms with E-state index in [1.807, 2.05) is 12.3 Å². The van der Waals surface area contributed by atoms with Gasteiger partial charge in [-0.25, -0.2) is 4.98 Å². The average Bonchev–Trinajstić information content (AvgIpc) is 3.06. The van der Waals surface area contributed by atoms with E-state index in [9.17, 15) is 0 Å². The van der Waals surface area contributed by atoms with Crippen LogP contribution in [-0.4, -0.2) is 16.0 Å².